The second-order valence-electron chi connectivity index (χ2n) is 5.68. The Morgan fingerprint density at radius 2 is 2.00 bits per heavy atom. The van der Waals surface area contributed by atoms with E-state index in [1.807, 2.05) is 18.2 Å². The number of amides is 1. The van der Waals surface area contributed by atoms with Crippen LogP contribution in [0.2, 0.25) is 0 Å². The van der Waals surface area contributed by atoms with Crippen LogP contribution in [0.1, 0.15) is 37.8 Å². The highest BCUT2D eigenvalue weighted by Gasteiger charge is 2.23. The zero-order valence-electron chi connectivity index (χ0n) is 13.1. The second kappa shape index (κ2) is 7.74. The van der Waals surface area contributed by atoms with Gasteiger partial charge in [0.25, 0.3) is 0 Å². The summed E-state index contributed by atoms with van der Waals surface area (Å²) in [5, 5.41) is 12.6. The van der Waals surface area contributed by atoms with Gasteiger partial charge in [0, 0.05) is 11.2 Å². The number of carbonyl (C=O) groups excluding carboxylic acids is 1. The molecule has 22 heavy (non-hydrogen) atoms. The Morgan fingerprint density at radius 3 is 2.68 bits per heavy atom. The van der Waals surface area contributed by atoms with Crippen molar-refractivity contribution in [3.63, 3.8) is 0 Å². The minimum atomic E-state index is -0.0297. The average Bonchev–Trinajstić information content (AvgIpc) is 2.97. The molecule has 0 atom stereocenters. The summed E-state index contributed by atoms with van der Waals surface area (Å²) in [6.45, 7) is 6.39. The number of hydrogen-bond acceptors (Lipinski definition) is 5. The highest BCUT2D eigenvalue weighted by atomic mass is 32.2. The quantitative estimate of drug-likeness (QED) is 0.828. The molecule has 0 aliphatic rings. The summed E-state index contributed by atoms with van der Waals surface area (Å²) in [6, 6.07) is 10.1. The van der Waals surface area contributed by atoms with Crippen LogP contribution in [0, 0.1) is 0 Å². The maximum atomic E-state index is 11.9. The van der Waals surface area contributed by atoms with Gasteiger partial charge in [0.2, 0.25) is 11.0 Å². The molecule has 0 radical (unpaired) electrons. The third kappa shape index (κ3) is 4.81. The monoisotopic (exact) mass is 335 g/mol. The number of aromatic nitrogens is 2. The molecular formula is C16H21N3OS2. The van der Waals surface area contributed by atoms with Gasteiger partial charge in [-0.1, -0.05) is 62.4 Å². The molecule has 1 aromatic carbocycles. The van der Waals surface area contributed by atoms with E-state index in [2.05, 4.69) is 48.4 Å². The van der Waals surface area contributed by atoms with E-state index in [-0.39, 0.29) is 11.3 Å². The number of hydrogen-bond donors (Lipinski definition) is 1. The Balaban J connectivity index is 1.80. The molecule has 1 N–H and O–H groups in total. The van der Waals surface area contributed by atoms with Gasteiger partial charge in [0.05, 0.1) is 5.75 Å². The summed E-state index contributed by atoms with van der Waals surface area (Å²) in [7, 11) is 0. The van der Waals surface area contributed by atoms with Gasteiger partial charge in [-0.05, 0) is 12.0 Å². The molecule has 0 unspecified atom stereocenters. The van der Waals surface area contributed by atoms with Crippen molar-refractivity contribution >= 4 is 34.1 Å². The lowest BCUT2D eigenvalue weighted by atomic mass is 9.91. The van der Waals surface area contributed by atoms with Gasteiger partial charge in [-0.25, -0.2) is 0 Å². The molecule has 1 amide bonds. The summed E-state index contributed by atoms with van der Waals surface area (Å²) < 4.78 is 0. The first-order valence-electron chi connectivity index (χ1n) is 7.27. The fraction of sp³-hybridized carbons (Fsp3) is 0.438. The van der Waals surface area contributed by atoms with E-state index in [4.69, 9.17) is 0 Å². The molecule has 2 aromatic rings. The van der Waals surface area contributed by atoms with Crippen molar-refractivity contribution in [1.29, 1.82) is 0 Å². The fourth-order valence-electron chi connectivity index (χ4n) is 1.69. The summed E-state index contributed by atoms with van der Waals surface area (Å²) in [5.74, 6) is 1.22. The zero-order valence-corrected chi connectivity index (χ0v) is 14.8. The van der Waals surface area contributed by atoms with Crippen LogP contribution in [0.5, 0.6) is 0 Å². The molecule has 6 heteroatoms. The predicted molar refractivity (Wildman–Crippen MR) is 94.5 cm³/mol. The Morgan fingerprint density at radius 1 is 1.27 bits per heavy atom. The topological polar surface area (TPSA) is 54.9 Å². The number of nitrogens with zero attached hydrogens (tertiary/aromatic N) is 2. The Bertz CT molecular complexity index is 611. The molecule has 1 heterocycles. The SMILES string of the molecule is CCC(C)(C)c1nnc(NC(=O)CSCc2ccccc2)s1. The third-order valence-electron chi connectivity index (χ3n) is 3.48. The maximum Gasteiger partial charge on any atom is 0.236 e. The van der Waals surface area contributed by atoms with Crippen molar-refractivity contribution in [3.05, 3.63) is 40.9 Å². The molecule has 0 bridgehead atoms. The Hall–Kier alpha value is -1.40. The summed E-state index contributed by atoms with van der Waals surface area (Å²) in [6.07, 6.45) is 0.989. The van der Waals surface area contributed by atoms with Crippen molar-refractivity contribution in [3.8, 4) is 0 Å². The van der Waals surface area contributed by atoms with Crippen molar-refractivity contribution in [2.45, 2.75) is 38.4 Å². The van der Waals surface area contributed by atoms with Crippen molar-refractivity contribution in [1.82, 2.24) is 10.2 Å². The molecule has 0 saturated heterocycles. The number of thioether (sulfide) groups is 1. The van der Waals surface area contributed by atoms with E-state index in [0.717, 1.165) is 17.2 Å². The lowest BCUT2D eigenvalue weighted by Crippen LogP contribution is -2.14. The molecule has 118 valence electrons. The molecule has 0 fully saturated rings. The summed E-state index contributed by atoms with van der Waals surface area (Å²) >= 11 is 3.05. The largest absolute Gasteiger partial charge is 0.300 e. The van der Waals surface area contributed by atoms with Crippen molar-refractivity contribution < 1.29 is 4.79 Å². The lowest BCUT2D eigenvalue weighted by molar-refractivity contribution is -0.113. The van der Waals surface area contributed by atoms with Crippen LogP contribution < -0.4 is 5.32 Å². The van der Waals surface area contributed by atoms with Gasteiger partial charge < -0.3 is 0 Å². The highest BCUT2D eigenvalue weighted by Crippen LogP contribution is 2.31. The highest BCUT2D eigenvalue weighted by molar-refractivity contribution is 7.99. The lowest BCUT2D eigenvalue weighted by Gasteiger charge is -2.17. The van der Waals surface area contributed by atoms with Gasteiger partial charge >= 0.3 is 0 Å². The van der Waals surface area contributed by atoms with Gasteiger partial charge in [-0.15, -0.1) is 22.0 Å². The van der Waals surface area contributed by atoms with E-state index >= 15 is 0 Å². The standard InChI is InChI=1S/C16H21N3OS2/c1-4-16(2,3)14-18-19-15(22-14)17-13(20)11-21-10-12-8-6-5-7-9-12/h5-9H,4,10-11H2,1-3H3,(H,17,19,20). The van der Waals surface area contributed by atoms with E-state index in [1.165, 1.54) is 16.9 Å². The summed E-state index contributed by atoms with van der Waals surface area (Å²) in [5.41, 5.74) is 1.23. The molecule has 0 aliphatic carbocycles. The van der Waals surface area contributed by atoms with Crippen LogP contribution >= 0.6 is 23.1 Å². The summed E-state index contributed by atoms with van der Waals surface area (Å²) in [4.78, 5) is 11.9. The second-order valence-corrected chi connectivity index (χ2v) is 7.64. The van der Waals surface area contributed by atoms with E-state index < -0.39 is 0 Å². The molecule has 4 nitrogen and oxygen atoms in total. The number of carbonyl (C=O) groups is 1. The van der Waals surface area contributed by atoms with Crippen molar-refractivity contribution in [2.75, 3.05) is 11.1 Å². The van der Waals surface area contributed by atoms with Crippen LogP contribution in [0.4, 0.5) is 5.13 Å². The first-order chi connectivity index (χ1) is 10.5. The van der Waals surface area contributed by atoms with Gasteiger partial charge in [-0.3, -0.25) is 10.1 Å². The van der Waals surface area contributed by atoms with Gasteiger partial charge in [0.1, 0.15) is 5.01 Å². The number of anilines is 1. The molecular weight excluding hydrogens is 314 g/mol. The van der Waals surface area contributed by atoms with Gasteiger partial charge in [-0.2, -0.15) is 0 Å². The molecule has 0 spiro atoms. The number of benzene rings is 1. The first-order valence-corrected chi connectivity index (χ1v) is 9.24. The van der Waals surface area contributed by atoms with E-state index in [9.17, 15) is 4.79 Å². The minimum Gasteiger partial charge on any atom is -0.300 e. The van der Waals surface area contributed by atoms with E-state index in [0.29, 0.717) is 10.9 Å². The predicted octanol–water partition coefficient (Wildman–Crippen LogP) is 4.10. The van der Waals surface area contributed by atoms with Crippen LogP contribution in [0.3, 0.4) is 0 Å². The maximum absolute atomic E-state index is 11.9. The average molecular weight is 335 g/mol. The Labute approximate surface area is 139 Å². The van der Waals surface area contributed by atoms with Crippen LogP contribution in [0.25, 0.3) is 0 Å². The molecule has 2 rings (SSSR count). The third-order valence-corrected chi connectivity index (χ3v) is 5.69. The van der Waals surface area contributed by atoms with Crippen LogP contribution in [0.15, 0.2) is 30.3 Å². The molecule has 0 aliphatic heterocycles. The molecule has 1 aromatic heterocycles. The van der Waals surface area contributed by atoms with Gasteiger partial charge in [0.15, 0.2) is 0 Å². The Kier molecular flexibility index (Phi) is 5.97. The van der Waals surface area contributed by atoms with Crippen LogP contribution in [-0.4, -0.2) is 21.9 Å². The van der Waals surface area contributed by atoms with Crippen LogP contribution in [-0.2, 0) is 16.0 Å². The zero-order chi connectivity index (χ0) is 16.0. The number of nitrogens with one attached hydrogen (secondary N) is 1. The minimum absolute atomic E-state index is 0.00268. The fourth-order valence-corrected chi connectivity index (χ4v) is 3.41. The number of rotatable bonds is 7. The normalized spacial score (nSPS) is 11.4. The molecule has 0 saturated carbocycles. The van der Waals surface area contributed by atoms with Crippen molar-refractivity contribution in [2.24, 2.45) is 0 Å². The smallest absolute Gasteiger partial charge is 0.236 e. The van der Waals surface area contributed by atoms with E-state index in [1.54, 1.807) is 11.8 Å². The first kappa shape index (κ1) is 17.0.